The first-order valence-corrected chi connectivity index (χ1v) is 10.7. The zero-order valence-corrected chi connectivity index (χ0v) is 16.8. The number of rotatable bonds is 4. The molecule has 2 atom stereocenters. The molecule has 152 valence electrons. The van der Waals surface area contributed by atoms with E-state index >= 15 is 0 Å². The lowest BCUT2D eigenvalue weighted by Crippen LogP contribution is -2.47. The number of fused-ring (bicyclic) bond motifs is 1. The zero-order chi connectivity index (χ0) is 19.3. The highest BCUT2D eigenvalue weighted by Crippen LogP contribution is 2.28. The van der Waals surface area contributed by atoms with Crippen LogP contribution < -0.4 is 15.4 Å². The van der Waals surface area contributed by atoms with Gasteiger partial charge in [-0.05, 0) is 30.9 Å². The summed E-state index contributed by atoms with van der Waals surface area (Å²) in [5.41, 5.74) is 1.27. The van der Waals surface area contributed by atoms with E-state index in [1.807, 2.05) is 12.1 Å². The number of para-hydroxylation sites is 1. The highest BCUT2D eigenvalue weighted by atomic mass is 16.5. The van der Waals surface area contributed by atoms with Gasteiger partial charge < -0.3 is 20.3 Å². The summed E-state index contributed by atoms with van der Waals surface area (Å²) in [6.07, 6.45) is 7.86. The molecule has 6 heteroatoms. The molecule has 1 aromatic rings. The number of carbonyl (C=O) groups is 1. The summed E-state index contributed by atoms with van der Waals surface area (Å²) in [4.78, 5) is 19.2. The maximum absolute atomic E-state index is 12.7. The molecule has 0 bridgehead atoms. The molecule has 2 unspecified atom stereocenters. The van der Waals surface area contributed by atoms with Gasteiger partial charge in [0.15, 0.2) is 5.96 Å². The van der Waals surface area contributed by atoms with E-state index in [0.717, 1.165) is 50.5 Å². The maximum atomic E-state index is 12.7. The Morgan fingerprint density at radius 3 is 2.82 bits per heavy atom. The Morgan fingerprint density at radius 2 is 2.04 bits per heavy atom. The highest BCUT2D eigenvalue weighted by Gasteiger charge is 2.32. The normalized spacial score (nSPS) is 25.3. The summed E-state index contributed by atoms with van der Waals surface area (Å²) in [5.74, 6) is 2.40. The van der Waals surface area contributed by atoms with Crippen LogP contribution in [-0.2, 0) is 11.2 Å². The molecule has 0 spiro atoms. The van der Waals surface area contributed by atoms with Crippen LogP contribution in [0, 0.1) is 5.92 Å². The van der Waals surface area contributed by atoms with Gasteiger partial charge in [0.05, 0.1) is 6.54 Å². The number of hydrogen-bond donors (Lipinski definition) is 2. The molecular formula is C22H32N4O2. The van der Waals surface area contributed by atoms with Crippen molar-refractivity contribution in [3.63, 3.8) is 0 Å². The predicted octanol–water partition coefficient (Wildman–Crippen LogP) is 2.34. The Hall–Kier alpha value is -2.24. The Kier molecular flexibility index (Phi) is 6.03. The van der Waals surface area contributed by atoms with Crippen molar-refractivity contribution >= 4 is 11.9 Å². The molecule has 2 heterocycles. The maximum Gasteiger partial charge on any atom is 0.225 e. The van der Waals surface area contributed by atoms with Gasteiger partial charge in [-0.3, -0.25) is 9.79 Å². The predicted molar refractivity (Wildman–Crippen MR) is 111 cm³/mol. The third-order valence-electron chi connectivity index (χ3n) is 6.23. The summed E-state index contributed by atoms with van der Waals surface area (Å²) in [6, 6.07) is 8.48. The molecule has 0 aromatic heterocycles. The Balaban J connectivity index is 1.22. The second kappa shape index (κ2) is 8.84. The van der Waals surface area contributed by atoms with E-state index in [-0.39, 0.29) is 18.1 Å². The number of benzene rings is 1. The molecule has 1 saturated heterocycles. The van der Waals surface area contributed by atoms with Crippen LogP contribution in [0.15, 0.2) is 29.3 Å². The summed E-state index contributed by atoms with van der Waals surface area (Å²) < 4.78 is 5.99. The number of nitrogens with zero attached hydrogens (tertiary/aromatic N) is 2. The molecule has 2 N–H and O–H groups in total. The Labute approximate surface area is 167 Å². The van der Waals surface area contributed by atoms with Crippen LogP contribution in [0.1, 0.15) is 44.1 Å². The Morgan fingerprint density at radius 1 is 1.21 bits per heavy atom. The molecule has 28 heavy (non-hydrogen) atoms. The number of hydrogen-bond acceptors (Lipinski definition) is 3. The fourth-order valence-corrected chi connectivity index (χ4v) is 4.65. The number of likely N-dealkylation sites (tertiary alicyclic amines) is 1. The van der Waals surface area contributed by atoms with Crippen molar-refractivity contribution in [3.05, 3.63) is 29.8 Å². The van der Waals surface area contributed by atoms with Gasteiger partial charge in [0, 0.05) is 38.5 Å². The molecule has 6 nitrogen and oxygen atoms in total. The fourth-order valence-electron chi connectivity index (χ4n) is 4.65. The first-order chi connectivity index (χ1) is 13.7. The van der Waals surface area contributed by atoms with Crippen molar-refractivity contribution in [1.82, 2.24) is 15.5 Å². The minimum Gasteiger partial charge on any atom is -0.488 e. The van der Waals surface area contributed by atoms with Gasteiger partial charge in [-0.25, -0.2) is 0 Å². The molecule has 3 aliphatic rings. The van der Waals surface area contributed by atoms with E-state index in [9.17, 15) is 4.79 Å². The summed E-state index contributed by atoms with van der Waals surface area (Å²) >= 11 is 0. The third-order valence-corrected chi connectivity index (χ3v) is 6.23. The molecule has 2 fully saturated rings. The van der Waals surface area contributed by atoms with Gasteiger partial charge in [-0.15, -0.1) is 0 Å². The number of amides is 1. The van der Waals surface area contributed by atoms with Crippen molar-refractivity contribution < 1.29 is 9.53 Å². The van der Waals surface area contributed by atoms with Crippen LogP contribution in [0.3, 0.4) is 0 Å². The lowest BCUT2D eigenvalue weighted by atomic mass is 9.88. The minimum absolute atomic E-state index is 0.129. The molecule has 1 saturated carbocycles. The molecule has 4 rings (SSSR count). The Bertz CT molecular complexity index is 689. The SMILES string of the molecule is CN=C(NCC1Cc2ccccc2O1)NC1CCN(C(=O)C2CCCCC2)C1. The van der Waals surface area contributed by atoms with E-state index < -0.39 is 0 Å². The molecule has 1 amide bonds. The van der Waals surface area contributed by atoms with E-state index in [1.165, 1.54) is 24.8 Å². The zero-order valence-electron chi connectivity index (χ0n) is 16.8. The van der Waals surface area contributed by atoms with E-state index in [0.29, 0.717) is 12.5 Å². The average molecular weight is 385 g/mol. The molecule has 1 aliphatic carbocycles. The van der Waals surface area contributed by atoms with Gasteiger partial charge in [0.25, 0.3) is 0 Å². The largest absolute Gasteiger partial charge is 0.488 e. The third kappa shape index (κ3) is 4.42. The highest BCUT2D eigenvalue weighted by molar-refractivity contribution is 5.81. The molecule has 1 aromatic carbocycles. The number of carbonyl (C=O) groups excluding carboxylic acids is 1. The summed E-state index contributed by atoms with van der Waals surface area (Å²) in [7, 11) is 1.79. The quantitative estimate of drug-likeness (QED) is 0.618. The van der Waals surface area contributed by atoms with Crippen molar-refractivity contribution in [2.45, 2.75) is 57.1 Å². The minimum atomic E-state index is 0.129. The lowest BCUT2D eigenvalue weighted by molar-refractivity contribution is -0.135. The van der Waals surface area contributed by atoms with Crippen LogP contribution in [0.5, 0.6) is 5.75 Å². The van der Waals surface area contributed by atoms with E-state index in [1.54, 1.807) is 7.05 Å². The van der Waals surface area contributed by atoms with Crippen LogP contribution >= 0.6 is 0 Å². The summed E-state index contributed by atoms with van der Waals surface area (Å²) in [5, 5.41) is 6.88. The van der Waals surface area contributed by atoms with Crippen molar-refractivity contribution in [1.29, 1.82) is 0 Å². The first kappa shape index (κ1) is 19.1. The van der Waals surface area contributed by atoms with Crippen molar-refractivity contribution in [2.75, 3.05) is 26.7 Å². The van der Waals surface area contributed by atoms with Crippen LogP contribution in [0.25, 0.3) is 0 Å². The summed E-state index contributed by atoms with van der Waals surface area (Å²) in [6.45, 7) is 2.35. The van der Waals surface area contributed by atoms with Crippen molar-refractivity contribution in [2.24, 2.45) is 10.9 Å². The average Bonchev–Trinajstić information content (AvgIpc) is 3.37. The standard InChI is InChI=1S/C22H32N4O2/c1-23-22(24-14-19-13-17-9-5-6-10-20(17)28-19)25-18-11-12-26(15-18)21(27)16-7-3-2-4-8-16/h5-6,9-10,16,18-19H,2-4,7-8,11-15H2,1H3,(H2,23,24,25). The van der Waals surface area contributed by atoms with Crippen molar-refractivity contribution in [3.8, 4) is 5.75 Å². The van der Waals surface area contributed by atoms with Gasteiger partial charge in [-0.1, -0.05) is 37.5 Å². The van der Waals surface area contributed by atoms with Gasteiger partial charge >= 0.3 is 0 Å². The van der Waals surface area contributed by atoms with Gasteiger partial charge in [0.2, 0.25) is 5.91 Å². The lowest BCUT2D eigenvalue weighted by Gasteiger charge is -2.26. The smallest absolute Gasteiger partial charge is 0.225 e. The first-order valence-electron chi connectivity index (χ1n) is 10.7. The monoisotopic (exact) mass is 384 g/mol. The van der Waals surface area contributed by atoms with Crippen LogP contribution in [0.2, 0.25) is 0 Å². The number of aliphatic imine (C=N–C) groups is 1. The van der Waals surface area contributed by atoms with Crippen LogP contribution in [-0.4, -0.2) is 55.6 Å². The number of ether oxygens (including phenoxy) is 1. The van der Waals surface area contributed by atoms with E-state index in [4.69, 9.17) is 4.74 Å². The second-order valence-electron chi connectivity index (χ2n) is 8.25. The van der Waals surface area contributed by atoms with E-state index in [2.05, 4.69) is 32.7 Å². The second-order valence-corrected chi connectivity index (χ2v) is 8.25. The fraction of sp³-hybridized carbons (Fsp3) is 0.636. The van der Waals surface area contributed by atoms with Gasteiger partial charge in [-0.2, -0.15) is 0 Å². The topological polar surface area (TPSA) is 66.0 Å². The number of nitrogens with one attached hydrogen (secondary N) is 2. The molecular weight excluding hydrogens is 352 g/mol. The van der Waals surface area contributed by atoms with Gasteiger partial charge in [0.1, 0.15) is 11.9 Å². The molecule has 0 radical (unpaired) electrons. The molecule has 2 aliphatic heterocycles. The number of guanidine groups is 1. The van der Waals surface area contributed by atoms with Crippen LogP contribution in [0.4, 0.5) is 0 Å².